The highest BCUT2D eigenvalue weighted by molar-refractivity contribution is 5.78. The number of carbonyl (C=O) groups excluding carboxylic acids is 1. The number of hydrogen-bond acceptors (Lipinski definition) is 2. The molecule has 1 amide bonds. The average molecular weight is 301 g/mol. The van der Waals surface area contributed by atoms with Crippen LogP contribution in [0, 0.1) is 0 Å². The predicted molar refractivity (Wildman–Crippen MR) is 88.2 cm³/mol. The van der Waals surface area contributed by atoms with Gasteiger partial charge in [0.1, 0.15) is 5.75 Å². The number of fused-ring (bicyclic) bond motifs is 1. The summed E-state index contributed by atoms with van der Waals surface area (Å²) in [6.45, 7) is 3.24. The molecule has 1 heterocycles. The number of nitrogens with zero attached hydrogens (tertiary/aromatic N) is 1. The Labute approximate surface area is 133 Å². The lowest BCUT2D eigenvalue weighted by Crippen LogP contribution is -2.45. The number of amides is 1. The van der Waals surface area contributed by atoms with Crippen LogP contribution < -0.4 is 4.74 Å². The van der Waals surface area contributed by atoms with Crippen molar-refractivity contribution in [3.63, 3.8) is 0 Å². The lowest BCUT2D eigenvalue weighted by molar-refractivity contribution is -0.137. The zero-order valence-corrected chi connectivity index (χ0v) is 13.6. The molecule has 0 saturated carbocycles. The standard InChI is InChI=1S/C19H27NO2/c1-2-17-9-5-6-12-20(17)19(21)14-22-18-11-10-15-7-3-4-8-16(15)13-18/h10-11,13,17H,2-9,12,14H2,1H3. The van der Waals surface area contributed by atoms with E-state index in [0.717, 1.165) is 38.0 Å². The third kappa shape index (κ3) is 3.45. The predicted octanol–water partition coefficient (Wildman–Crippen LogP) is 3.74. The lowest BCUT2D eigenvalue weighted by Gasteiger charge is -2.35. The lowest BCUT2D eigenvalue weighted by atomic mass is 9.92. The SMILES string of the molecule is CCC1CCCCN1C(=O)COc1ccc2c(c1)CCCC2. The van der Waals surface area contributed by atoms with Crippen molar-refractivity contribution < 1.29 is 9.53 Å². The molecule has 1 aromatic rings. The Kier molecular flexibility index (Phi) is 5.01. The molecular weight excluding hydrogens is 274 g/mol. The molecule has 1 aromatic carbocycles. The topological polar surface area (TPSA) is 29.5 Å². The number of piperidine rings is 1. The van der Waals surface area contributed by atoms with Gasteiger partial charge in [0.15, 0.2) is 6.61 Å². The number of carbonyl (C=O) groups is 1. The first-order valence-corrected chi connectivity index (χ1v) is 8.82. The van der Waals surface area contributed by atoms with Gasteiger partial charge in [0.05, 0.1) is 0 Å². The van der Waals surface area contributed by atoms with Crippen molar-refractivity contribution >= 4 is 5.91 Å². The first-order valence-electron chi connectivity index (χ1n) is 8.82. The molecule has 120 valence electrons. The summed E-state index contributed by atoms with van der Waals surface area (Å²) in [6.07, 6.45) is 9.44. The molecule has 1 unspecified atom stereocenters. The summed E-state index contributed by atoms with van der Waals surface area (Å²) in [6, 6.07) is 6.73. The monoisotopic (exact) mass is 301 g/mol. The second-order valence-electron chi connectivity index (χ2n) is 6.57. The maximum atomic E-state index is 12.4. The molecule has 1 fully saturated rings. The van der Waals surface area contributed by atoms with Gasteiger partial charge >= 0.3 is 0 Å². The fourth-order valence-corrected chi connectivity index (χ4v) is 3.78. The highest BCUT2D eigenvalue weighted by atomic mass is 16.5. The fourth-order valence-electron chi connectivity index (χ4n) is 3.78. The van der Waals surface area contributed by atoms with Crippen LogP contribution in [0.4, 0.5) is 0 Å². The zero-order chi connectivity index (χ0) is 15.4. The van der Waals surface area contributed by atoms with Crippen molar-refractivity contribution in [3.8, 4) is 5.75 Å². The molecule has 22 heavy (non-hydrogen) atoms. The van der Waals surface area contributed by atoms with Crippen molar-refractivity contribution in [2.24, 2.45) is 0 Å². The van der Waals surface area contributed by atoms with E-state index in [-0.39, 0.29) is 12.5 Å². The van der Waals surface area contributed by atoms with Gasteiger partial charge in [0.2, 0.25) is 0 Å². The molecule has 0 spiro atoms. The van der Waals surface area contributed by atoms with Gasteiger partial charge in [-0.05, 0) is 74.6 Å². The van der Waals surface area contributed by atoms with Crippen LogP contribution in [-0.2, 0) is 17.6 Å². The minimum Gasteiger partial charge on any atom is -0.484 e. The van der Waals surface area contributed by atoms with E-state index in [4.69, 9.17) is 4.74 Å². The first-order chi connectivity index (χ1) is 10.8. The number of likely N-dealkylation sites (tertiary alicyclic amines) is 1. The van der Waals surface area contributed by atoms with E-state index < -0.39 is 0 Å². The molecule has 0 N–H and O–H groups in total. The minimum atomic E-state index is 0.143. The van der Waals surface area contributed by atoms with E-state index in [0.29, 0.717) is 6.04 Å². The molecule has 3 nitrogen and oxygen atoms in total. The third-order valence-corrected chi connectivity index (χ3v) is 5.10. The van der Waals surface area contributed by atoms with Crippen LogP contribution in [0.5, 0.6) is 5.75 Å². The van der Waals surface area contributed by atoms with E-state index in [1.807, 2.05) is 11.0 Å². The number of aryl methyl sites for hydroxylation is 2. The van der Waals surface area contributed by atoms with Crippen molar-refractivity contribution in [2.45, 2.75) is 64.3 Å². The third-order valence-electron chi connectivity index (χ3n) is 5.10. The first kappa shape index (κ1) is 15.4. The van der Waals surface area contributed by atoms with E-state index in [1.54, 1.807) is 0 Å². The van der Waals surface area contributed by atoms with Gasteiger partial charge in [0, 0.05) is 12.6 Å². The van der Waals surface area contributed by atoms with Crippen LogP contribution in [0.25, 0.3) is 0 Å². The molecule has 1 atom stereocenters. The van der Waals surface area contributed by atoms with E-state index in [9.17, 15) is 4.79 Å². The van der Waals surface area contributed by atoms with Crippen molar-refractivity contribution in [3.05, 3.63) is 29.3 Å². The minimum absolute atomic E-state index is 0.143. The van der Waals surface area contributed by atoms with Crippen LogP contribution in [-0.4, -0.2) is 30.0 Å². The molecule has 0 bridgehead atoms. The maximum absolute atomic E-state index is 12.4. The molecule has 1 aliphatic heterocycles. The molecule has 3 heteroatoms. The molecular formula is C19H27NO2. The van der Waals surface area contributed by atoms with Gasteiger partial charge in [-0.3, -0.25) is 4.79 Å². The van der Waals surface area contributed by atoms with Crippen LogP contribution in [0.3, 0.4) is 0 Å². The quantitative estimate of drug-likeness (QED) is 0.848. The highest BCUT2D eigenvalue weighted by Crippen LogP contribution is 2.25. The van der Waals surface area contributed by atoms with Gasteiger partial charge < -0.3 is 9.64 Å². The fraction of sp³-hybridized carbons (Fsp3) is 0.632. The van der Waals surface area contributed by atoms with Crippen molar-refractivity contribution in [2.75, 3.05) is 13.2 Å². The van der Waals surface area contributed by atoms with Crippen LogP contribution >= 0.6 is 0 Å². The van der Waals surface area contributed by atoms with Gasteiger partial charge in [-0.25, -0.2) is 0 Å². The summed E-state index contributed by atoms with van der Waals surface area (Å²) < 4.78 is 5.79. The summed E-state index contributed by atoms with van der Waals surface area (Å²) >= 11 is 0. The second-order valence-corrected chi connectivity index (χ2v) is 6.57. The Bertz CT molecular complexity index is 526. The second kappa shape index (κ2) is 7.17. The smallest absolute Gasteiger partial charge is 0.260 e. The normalized spacial score (nSPS) is 21.3. The van der Waals surface area contributed by atoms with Gasteiger partial charge in [-0.15, -0.1) is 0 Å². The molecule has 1 aliphatic carbocycles. The molecule has 0 radical (unpaired) electrons. The number of benzene rings is 1. The number of ether oxygens (including phenoxy) is 1. The van der Waals surface area contributed by atoms with Crippen LogP contribution in [0.15, 0.2) is 18.2 Å². The van der Waals surface area contributed by atoms with Crippen molar-refractivity contribution in [1.82, 2.24) is 4.90 Å². The molecule has 0 aromatic heterocycles. The maximum Gasteiger partial charge on any atom is 0.260 e. The van der Waals surface area contributed by atoms with Gasteiger partial charge in [-0.2, -0.15) is 0 Å². The Balaban J connectivity index is 1.58. The Morgan fingerprint density at radius 2 is 2.00 bits per heavy atom. The van der Waals surface area contributed by atoms with Gasteiger partial charge in [0.25, 0.3) is 5.91 Å². The Morgan fingerprint density at radius 3 is 2.82 bits per heavy atom. The zero-order valence-electron chi connectivity index (χ0n) is 13.6. The summed E-state index contributed by atoms with van der Waals surface area (Å²) in [7, 11) is 0. The molecule has 3 rings (SSSR count). The Morgan fingerprint density at radius 1 is 1.18 bits per heavy atom. The number of rotatable bonds is 4. The molecule has 2 aliphatic rings. The Hall–Kier alpha value is -1.51. The summed E-state index contributed by atoms with van der Waals surface area (Å²) in [5, 5.41) is 0. The van der Waals surface area contributed by atoms with E-state index in [2.05, 4.69) is 19.1 Å². The van der Waals surface area contributed by atoms with E-state index in [1.165, 1.54) is 36.8 Å². The van der Waals surface area contributed by atoms with Crippen LogP contribution in [0.2, 0.25) is 0 Å². The van der Waals surface area contributed by atoms with Crippen molar-refractivity contribution in [1.29, 1.82) is 0 Å². The summed E-state index contributed by atoms with van der Waals surface area (Å²) in [5.74, 6) is 0.989. The summed E-state index contributed by atoms with van der Waals surface area (Å²) in [4.78, 5) is 14.5. The van der Waals surface area contributed by atoms with Crippen LogP contribution in [0.1, 0.15) is 56.6 Å². The average Bonchev–Trinajstić information content (AvgIpc) is 2.59. The molecule has 1 saturated heterocycles. The van der Waals surface area contributed by atoms with Gasteiger partial charge in [-0.1, -0.05) is 13.0 Å². The van der Waals surface area contributed by atoms with E-state index >= 15 is 0 Å². The largest absolute Gasteiger partial charge is 0.484 e. The summed E-state index contributed by atoms with van der Waals surface area (Å²) in [5.41, 5.74) is 2.85. The number of hydrogen-bond donors (Lipinski definition) is 0. The highest BCUT2D eigenvalue weighted by Gasteiger charge is 2.25.